The first kappa shape index (κ1) is 24.2. The lowest BCUT2D eigenvalue weighted by atomic mass is 10.1. The zero-order chi connectivity index (χ0) is 24.0. The Kier molecular flexibility index (Phi) is 7.83. The van der Waals surface area contributed by atoms with E-state index in [9.17, 15) is 13.2 Å². The minimum absolute atomic E-state index is 0.117. The summed E-state index contributed by atoms with van der Waals surface area (Å²) in [7, 11) is -3.51. The van der Waals surface area contributed by atoms with Crippen molar-refractivity contribution < 1.29 is 17.9 Å². The number of morpholine rings is 1. The Balaban J connectivity index is 1.29. The summed E-state index contributed by atoms with van der Waals surface area (Å²) in [6, 6.07) is 16.6. The maximum Gasteiger partial charge on any atom is 0.243 e. The summed E-state index contributed by atoms with van der Waals surface area (Å²) in [4.78, 5) is 17.3. The van der Waals surface area contributed by atoms with Crippen molar-refractivity contribution in [3.05, 3.63) is 59.7 Å². The highest BCUT2D eigenvalue weighted by Gasteiger charge is 2.26. The Bertz CT molecular complexity index is 1120. The van der Waals surface area contributed by atoms with Gasteiger partial charge in [0.25, 0.3) is 0 Å². The third-order valence-electron chi connectivity index (χ3n) is 6.37. The van der Waals surface area contributed by atoms with E-state index in [4.69, 9.17) is 10.00 Å². The molecule has 9 heteroatoms. The van der Waals surface area contributed by atoms with Gasteiger partial charge in [0.2, 0.25) is 15.9 Å². The molecular formula is C25H30N4O4S. The molecule has 0 spiro atoms. The second-order valence-electron chi connectivity index (χ2n) is 8.54. The molecule has 0 bridgehead atoms. The van der Waals surface area contributed by atoms with Gasteiger partial charge in [-0.2, -0.15) is 9.57 Å². The molecule has 0 aliphatic carbocycles. The third-order valence-corrected chi connectivity index (χ3v) is 8.28. The minimum atomic E-state index is -3.51. The topological polar surface area (TPSA) is 93.9 Å². The van der Waals surface area contributed by atoms with Crippen LogP contribution in [0.5, 0.6) is 0 Å². The van der Waals surface area contributed by atoms with E-state index in [0.29, 0.717) is 51.3 Å². The van der Waals surface area contributed by atoms with Crippen molar-refractivity contribution in [2.24, 2.45) is 0 Å². The highest BCUT2D eigenvalue weighted by atomic mass is 32.2. The van der Waals surface area contributed by atoms with Crippen LogP contribution < -0.4 is 4.90 Å². The smallest absolute Gasteiger partial charge is 0.243 e. The Labute approximate surface area is 201 Å². The molecule has 2 aliphatic heterocycles. The first-order valence-electron chi connectivity index (χ1n) is 11.7. The van der Waals surface area contributed by atoms with Gasteiger partial charge in [-0.15, -0.1) is 0 Å². The molecular weight excluding hydrogens is 452 g/mol. The zero-order valence-corrected chi connectivity index (χ0v) is 20.0. The van der Waals surface area contributed by atoms with Crippen LogP contribution in [0.25, 0.3) is 0 Å². The third kappa shape index (κ3) is 5.76. The fraction of sp³-hybridized carbons (Fsp3) is 0.440. The lowest BCUT2D eigenvalue weighted by Gasteiger charge is -2.26. The van der Waals surface area contributed by atoms with Gasteiger partial charge in [-0.05, 0) is 54.8 Å². The Morgan fingerprint density at radius 2 is 1.62 bits per heavy atom. The Morgan fingerprint density at radius 3 is 2.29 bits per heavy atom. The van der Waals surface area contributed by atoms with Crippen molar-refractivity contribution >= 4 is 21.6 Å². The first-order valence-corrected chi connectivity index (χ1v) is 13.1. The molecule has 2 heterocycles. The van der Waals surface area contributed by atoms with Gasteiger partial charge in [-0.1, -0.05) is 12.1 Å². The van der Waals surface area contributed by atoms with Gasteiger partial charge in [-0.3, -0.25) is 4.79 Å². The number of rotatable bonds is 6. The average molecular weight is 483 g/mol. The maximum absolute atomic E-state index is 12.8. The number of nitriles is 1. The normalized spacial score (nSPS) is 17.7. The number of hydrogen-bond donors (Lipinski definition) is 0. The van der Waals surface area contributed by atoms with E-state index in [2.05, 4.69) is 11.0 Å². The SMILES string of the molecule is N#Cc1ccc(N2CCCN(C(=O)CCc3ccc(S(=O)(=O)N4CCOCC4)cc3)CC2)cc1. The molecule has 4 rings (SSSR count). The molecule has 0 saturated carbocycles. The highest BCUT2D eigenvalue weighted by molar-refractivity contribution is 7.89. The summed E-state index contributed by atoms with van der Waals surface area (Å²) in [6.07, 6.45) is 1.86. The molecule has 34 heavy (non-hydrogen) atoms. The standard InChI is InChI=1S/C25H30N4O4S/c26-20-22-2-7-23(8-3-22)27-12-1-13-28(15-14-27)25(30)11-6-21-4-9-24(10-5-21)34(31,32)29-16-18-33-19-17-29/h2-5,7-10H,1,6,11-19H2. The van der Waals surface area contributed by atoms with E-state index in [-0.39, 0.29) is 10.8 Å². The maximum atomic E-state index is 12.8. The van der Waals surface area contributed by atoms with E-state index < -0.39 is 10.0 Å². The van der Waals surface area contributed by atoms with E-state index in [1.54, 1.807) is 24.3 Å². The first-order chi connectivity index (χ1) is 16.5. The molecule has 2 saturated heterocycles. The van der Waals surface area contributed by atoms with Crippen LogP contribution >= 0.6 is 0 Å². The van der Waals surface area contributed by atoms with Gasteiger partial charge in [0.1, 0.15) is 0 Å². The predicted molar refractivity (Wildman–Crippen MR) is 129 cm³/mol. The van der Waals surface area contributed by atoms with Crippen molar-refractivity contribution in [1.82, 2.24) is 9.21 Å². The summed E-state index contributed by atoms with van der Waals surface area (Å²) >= 11 is 0. The average Bonchev–Trinajstić information content (AvgIpc) is 3.15. The minimum Gasteiger partial charge on any atom is -0.379 e. The van der Waals surface area contributed by atoms with Gasteiger partial charge >= 0.3 is 0 Å². The number of amides is 1. The largest absolute Gasteiger partial charge is 0.379 e. The molecule has 2 aromatic rings. The quantitative estimate of drug-likeness (QED) is 0.627. The van der Waals surface area contributed by atoms with E-state index >= 15 is 0 Å². The fourth-order valence-electron chi connectivity index (χ4n) is 4.35. The lowest BCUT2D eigenvalue weighted by molar-refractivity contribution is -0.130. The zero-order valence-electron chi connectivity index (χ0n) is 19.2. The number of anilines is 1. The van der Waals surface area contributed by atoms with Gasteiger partial charge in [-0.25, -0.2) is 8.42 Å². The van der Waals surface area contributed by atoms with Crippen LogP contribution in [0.2, 0.25) is 0 Å². The second kappa shape index (κ2) is 11.0. The van der Waals surface area contributed by atoms with Crippen molar-refractivity contribution in [1.29, 1.82) is 5.26 Å². The van der Waals surface area contributed by atoms with Crippen LogP contribution in [0.1, 0.15) is 24.0 Å². The summed E-state index contributed by atoms with van der Waals surface area (Å²) in [5.74, 6) is 0.117. The van der Waals surface area contributed by atoms with Crippen molar-refractivity contribution in [2.45, 2.75) is 24.2 Å². The molecule has 0 radical (unpaired) electrons. The number of carbonyl (C=O) groups is 1. The van der Waals surface area contributed by atoms with Crippen LogP contribution in [0.4, 0.5) is 5.69 Å². The summed E-state index contributed by atoms with van der Waals surface area (Å²) < 4.78 is 32.2. The Morgan fingerprint density at radius 1 is 0.912 bits per heavy atom. The molecule has 180 valence electrons. The molecule has 2 fully saturated rings. The molecule has 0 atom stereocenters. The van der Waals surface area contributed by atoms with E-state index in [0.717, 1.165) is 37.3 Å². The number of benzene rings is 2. The van der Waals surface area contributed by atoms with Crippen LogP contribution in [-0.4, -0.2) is 76.0 Å². The van der Waals surface area contributed by atoms with Gasteiger partial charge in [0, 0.05) is 51.4 Å². The number of sulfonamides is 1. The number of nitrogens with zero attached hydrogens (tertiary/aromatic N) is 4. The van der Waals surface area contributed by atoms with Crippen LogP contribution in [-0.2, 0) is 26.0 Å². The predicted octanol–water partition coefficient (Wildman–Crippen LogP) is 2.25. The summed E-state index contributed by atoms with van der Waals surface area (Å²) in [6.45, 7) is 4.59. The number of aryl methyl sites for hydroxylation is 1. The van der Waals surface area contributed by atoms with Gasteiger partial charge < -0.3 is 14.5 Å². The molecule has 8 nitrogen and oxygen atoms in total. The van der Waals surface area contributed by atoms with Gasteiger partial charge in [0.05, 0.1) is 29.7 Å². The Hall–Kier alpha value is -2.93. The molecule has 0 aromatic heterocycles. The van der Waals surface area contributed by atoms with E-state index in [1.165, 1.54) is 4.31 Å². The van der Waals surface area contributed by atoms with Crippen LogP contribution in [0, 0.1) is 11.3 Å². The number of hydrogen-bond acceptors (Lipinski definition) is 6. The highest BCUT2D eigenvalue weighted by Crippen LogP contribution is 2.20. The van der Waals surface area contributed by atoms with Gasteiger partial charge in [0.15, 0.2) is 0 Å². The van der Waals surface area contributed by atoms with Crippen LogP contribution in [0.15, 0.2) is 53.4 Å². The molecule has 2 aromatic carbocycles. The molecule has 0 N–H and O–H groups in total. The monoisotopic (exact) mass is 482 g/mol. The molecule has 2 aliphatic rings. The fourth-order valence-corrected chi connectivity index (χ4v) is 5.75. The van der Waals surface area contributed by atoms with E-state index in [1.807, 2.05) is 29.2 Å². The molecule has 0 unspecified atom stereocenters. The lowest BCUT2D eigenvalue weighted by Crippen LogP contribution is -2.40. The number of carbonyl (C=O) groups excluding carboxylic acids is 1. The summed E-state index contributed by atoms with van der Waals surface area (Å²) in [5, 5.41) is 8.98. The van der Waals surface area contributed by atoms with Crippen molar-refractivity contribution in [3.63, 3.8) is 0 Å². The van der Waals surface area contributed by atoms with Crippen molar-refractivity contribution in [2.75, 3.05) is 57.4 Å². The number of ether oxygens (including phenoxy) is 1. The second-order valence-corrected chi connectivity index (χ2v) is 10.5. The molecule has 1 amide bonds. The van der Waals surface area contributed by atoms with Crippen LogP contribution in [0.3, 0.4) is 0 Å². The van der Waals surface area contributed by atoms with Crippen molar-refractivity contribution in [3.8, 4) is 6.07 Å². The summed E-state index contributed by atoms with van der Waals surface area (Å²) in [5.41, 5.74) is 2.66.